The summed E-state index contributed by atoms with van der Waals surface area (Å²) < 4.78 is 56.9. The van der Waals surface area contributed by atoms with E-state index in [0.717, 1.165) is 5.56 Å². The Morgan fingerprint density at radius 3 is 1.87 bits per heavy atom. The molecule has 83 heavy (non-hydrogen) atoms. The SMILES string of the molecule is Cc1cc(C(O)(c2ccc(Cl)cc2)c2cncn2C)cc2c(C#N)c(Cc3ccc(-n4cc(COc5nc6ccc(C(O)(c7cnc(C)n7C)c7cnc(C)n7C)cc6c(Cl)c5Cc5ccc(OC(F)(F)F)cc5)cn4)cc3)c(C#N)nc12. The van der Waals surface area contributed by atoms with Crippen molar-refractivity contribution in [1.29, 1.82) is 10.5 Å². The Labute approximate surface area is 483 Å². The van der Waals surface area contributed by atoms with Crippen LogP contribution in [0.15, 0.2) is 140 Å². The fraction of sp³-hybridized carbons (Fsp3) is 0.194. The van der Waals surface area contributed by atoms with Gasteiger partial charge in [0.25, 0.3) is 0 Å². The van der Waals surface area contributed by atoms with Crippen molar-refractivity contribution in [3.63, 3.8) is 0 Å². The number of pyridine rings is 2. The molecule has 0 bridgehead atoms. The van der Waals surface area contributed by atoms with Crippen LogP contribution in [0.25, 0.3) is 27.5 Å². The van der Waals surface area contributed by atoms with Crippen molar-refractivity contribution in [3.8, 4) is 29.5 Å². The Morgan fingerprint density at radius 1 is 0.651 bits per heavy atom. The fourth-order valence-electron chi connectivity index (χ4n) is 10.6. The van der Waals surface area contributed by atoms with E-state index in [1.54, 1.807) is 117 Å². The van der Waals surface area contributed by atoms with Crippen molar-refractivity contribution >= 4 is 45.0 Å². The van der Waals surface area contributed by atoms with E-state index in [1.165, 1.54) is 24.3 Å². The minimum Gasteiger partial charge on any atom is -0.472 e. The highest BCUT2D eigenvalue weighted by Gasteiger charge is 2.41. The Kier molecular flexibility index (Phi) is 14.4. The van der Waals surface area contributed by atoms with Crippen LogP contribution in [0, 0.1) is 43.4 Å². The lowest BCUT2D eigenvalue weighted by molar-refractivity contribution is -0.274. The van der Waals surface area contributed by atoms with Crippen molar-refractivity contribution in [2.75, 3.05) is 0 Å². The van der Waals surface area contributed by atoms with Crippen LogP contribution in [0.3, 0.4) is 0 Å². The number of aryl methyl sites for hydroxylation is 4. The van der Waals surface area contributed by atoms with Gasteiger partial charge in [0, 0.05) is 72.7 Å². The molecule has 21 heteroatoms. The molecule has 1 atom stereocenters. The highest BCUT2D eigenvalue weighted by Crippen LogP contribution is 2.43. The number of nitrogens with zero attached hydrogens (tertiary/aromatic N) is 12. The summed E-state index contributed by atoms with van der Waals surface area (Å²) in [6.45, 7) is 5.48. The predicted molar refractivity (Wildman–Crippen MR) is 304 cm³/mol. The van der Waals surface area contributed by atoms with E-state index in [1.807, 2.05) is 59.1 Å². The number of nitriles is 2. The summed E-state index contributed by atoms with van der Waals surface area (Å²) >= 11 is 13.7. The number of aliphatic hydroxyl groups is 2. The van der Waals surface area contributed by atoms with Gasteiger partial charge in [-0.3, -0.25) is 0 Å². The van der Waals surface area contributed by atoms with Crippen LogP contribution in [0.1, 0.15) is 90.1 Å². The third kappa shape index (κ3) is 10.2. The number of imidazole rings is 3. The van der Waals surface area contributed by atoms with E-state index in [2.05, 4.69) is 36.9 Å². The van der Waals surface area contributed by atoms with Gasteiger partial charge in [-0.15, -0.1) is 13.2 Å². The molecule has 0 amide bonds. The molecule has 0 saturated heterocycles. The molecule has 6 aromatic heterocycles. The van der Waals surface area contributed by atoms with Gasteiger partial charge in [-0.1, -0.05) is 71.7 Å². The first kappa shape index (κ1) is 55.5. The number of fused-ring (bicyclic) bond motifs is 2. The molecule has 416 valence electrons. The largest absolute Gasteiger partial charge is 0.573 e. The Bertz CT molecular complexity index is 4360. The number of alkyl halides is 3. The summed E-state index contributed by atoms with van der Waals surface area (Å²) in [6.07, 6.45) is 5.25. The molecule has 11 rings (SSSR count). The van der Waals surface area contributed by atoms with Gasteiger partial charge in [0.15, 0.2) is 11.2 Å². The molecule has 5 aromatic carbocycles. The number of ether oxygens (including phenoxy) is 2. The number of rotatable bonds is 15. The van der Waals surface area contributed by atoms with E-state index < -0.39 is 17.6 Å². The minimum absolute atomic E-state index is 0.0149. The average Bonchev–Trinajstić information content (AvgIpc) is 4.51. The smallest absolute Gasteiger partial charge is 0.472 e. The summed E-state index contributed by atoms with van der Waals surface area (Å²) in [6, 6.07) is 33.2. The lowest BCUT2D eigenvalue weighted by Gasteiger charge is -2.30. The molecular formula is C62H49Cl2F3N12O4. The van der Waals surface area contributed by atoms with Gasteiger partial charge in [-0.25, -0.2) is 29.6 Å². The monoisotopic (exact) mass is 1150 g/mol. The lowest BCUT2D eigenvalue weighted by atomic mass is 9.81. The van der Waals surface area contributed by atoms with Crippen molar-refractivity contribution < 1.29 is 32.9 Å². The van der Waals surface area contributed by atoms with Crippen LogP contribution in [-0.4, -0.2) is 65.0 Å². The number of hydrogen-bond acceptors (Lipinski definition) is 12. The first-order valence-corrected chi connectivity index (χ1v) is 26.6. The van der Waals surface area contributed by atoms with E-state index in [9.17, 15) is 33.9 Å². The number of aromatic nitrogens is 10. The molecule has 0 fully saturated rings. The Balaban J connectivity index is 0.891. The summed E-state index contributed by atoms with van der Waals surface area (Å²) in [7, 11) is 5.41. The summed E-state index contributed by atoms with van der Waals surface area (Å²) in [4.78, 5) is 23.0. The quantitative estimate of drug-likeness (QED) is 0.0984. The Hall–Kier alpha value is -9.37. The van der Waals surface area contributed by atoms with Gasteiger partial charge in [-0.2, -0.15) is 15.6 Å². The second kappa shape index (κ2) is 21.5. The molecule has 1 unspecified atom stereocenters. The molecule has 0 aliphatic rings. The van der Waals surface area contributed by atoms with E-state index in [4.69, 9.17) is 37.9 Å². The summed E-state index contributed by atoms with van der Waals surface area (Å²) in [5.74, 6) is 1.12. The highest BCUT2D eigenvalue weighted by atomic mass is 35.5. The molecule has 2 N–H and O–H groups in total. The van der Waals surface area contributed by atoms with Gasteiger partial charge >= 0.3 is 6.36 Å². The lowest BCUT2D eigenvalue weighted by Crippen LogP contribution is -2.33. The number of hydrogen-bond donors (Lipinski definition) is 2. The van der Waals surface area contributed by atoms with Crippen molar-refractivity contribution in [2.24, 2.45) is 21.1 Å². The molecule has 11 aromatic rings. The van der Waals surface area contributed by atoms with Crippen LogP contribution in [0.2, 0.25) is 10.0 Å². The molecule has 0 radical (unpaired) electrons. The van der Waals surface area contributed by atoms with Gasteiger partial charge in [0.05, 0.1) is 75.5 Å². The maximum absolute atomic E-state index is 13.1. The van der Waals surface area contributed by atoms with Crippen molar-refractivity contribution in [2.45, 2.75) is 57.8 Å². The van der Waals surface area contributed by atoms with Crippen LogP contribution < -0.4 is 9.47 Å². The van der Waals surface area contributed by atoms with Crippen LogP contribution in [0.5, 0.6) is 11.6 Å². The summed E-state index contributed by atoms with van der Waals surface area (Å²) in [5.41, 5.74) is 4.90. The minimum atomic E-state index is -4.87. The van der Waals surface area contributed by atoms with Gasteiger partial charge < -0.3 is 33.4 Å². The maximum atomic E-state index is 13.1. The van der Waals surface area contributed by atoms with E-state index in [-0.39, 0.29) is 47.4 Å². The molecule has 0 aliphatic carbocycles. The third-order valence-corrected chi connectivity index (χ3v) is 15.9. The second-order valence-electron chi connectivity index (χ2n) is 20.3. The van der Waals surface area contributed by atoms with Crippen LogP contribution >= 0.6 is 23.2 Å². The van der Waals surface area contributed by atoms with Crippen molar-refractivity contribution in [3.05, 3.63) is 241 Å². The van der Waals surface area contributed by atoms with Gasteiger partial charge in [0.2, 0.25) is 5.88 Å². The van der Waals surface area contributed by atoms with Gasteiger partial charge in [0.1, 0.15) is 41.8 Å². The van der Waals surface area contributed by atoms with E-state index >= 15 is 0 Å². The molecule has 0 aliphatic heterocycles. The van der Waals surface area contributed by atoms with Crippen LogP contribution in [0.4, 0.5) is 13.2 Å². The molecule has 16 nitrogen and oxygen atoms in total. The standard InChI is InChI=1S/C62H49Cl2F3N12O4/c1-35-21-43(60(80,54-29-70-34-76(54)4)41-11-14-44(63)15-12-41)25-48-51(26-68)47(53(27-69)74-58(35)48)22-38-7-16-45(17-8-38)79-32-40(28-73-79)33-82-59-50(23-39-9-18-46(19-10-39)83-62(65,66)67)57(64)49-24-42(13-20-52(49)75-59)61(81,55-30-71-36(2)77(55)5)56-31-72-37(3)78(56)6/h7-21,24-25,28-32,34,80-81H,22-23,33H2,1-6H3. The number of benzene rings is 5. The zero-order chi connectivity index (χ0) is 58.7. The molecule has 0 saturated carbocycles. The average molecular weight is 1150 g/mol. The first-order valence-electron chi connectivity index (χ1n) is 25.8. The normalized spacial score (nSPS) is 12.6. The fourth-order valence-corrected chi connectivity index (χ4v) is 11.0. The molecule has 0 spiro atoms. The van der Waals surface area contributed by atoms with Gasteiger partial charge in [-0.05, 0) is 109 Å². The zero-order valence-electron chi connectivity index (χ0n) is 45.4. The van der Waals surface area contributed by atoms with E-state index in [0.29, 0.717) is 106 Å². The topological polar surface area (TPSA) is 204 Å². The first-order chi connectivity index (χ1) is 39.7. The maximum Gasteiger partial charge on any atom is 0.573 e. The third-order valence-electron chi connectivity index (χ3n) is 15.2. The Morgan fingerprint density at radius 2 is 1.28 bits per heavy atom. The second-order valence-corrected chi connectivity index (χ2v) is 21.1. The number of halogens is 5. The molecule has 6 heterocycles. The van der Waals surface area contributed by atoms with Crippen LogP contribution in [-0.2, 0) is 51.8 Å². The zero-order valence-corrected chi connectivity index (χ0v) is 46.9. The van der Waals surface area contributed by atoms with Crippen molar-refractivity contribution in [1.82, 2.24) is 48.4 Å². The summed E-state index contributed by atoms with van der Waals surface area (Å²) in [5, 5.41) is 53.2. The highest BCUT2D eigenvalue weighted by molar-refractivity contribution is 6.36. The molecular weight excluding hydrogens is 1100 g/mol. The predicted octanol–water partition coefficient (Wildman–Crippen LogP) is 11.4.